The highest BCUT2D eigenvalue weighted by molar-refractivity contribution is 7.12. The maximum Gasteiger partial charge on any atom is 0.324 e. The van der Waals surface area contributed by atoms with Crippen LogP contribution < -0.4 is 4.74 Å². The van der Waals surface area contributed by atoms with Gasteiger partial charge in [-0.3, -0.25) is 9.59 Å². The molecule has 31 heavy (non-hydrogen) atoms. The molecule has 1 unspecified atom stereocenters. The van der Waals surface area contributed by atoms with Gasteiger partial charge in [-0.25, -0.2) is 4.98 Å². The molecule has 0 aliphatic heterocycles. The lowest BCUT2D eigenvalue weighted by Gasteiger charge is -2.30. The topological polar surface area (TPSA) is 56.3 Å². The Morgan fingerprint density at radius 3 is 2.39 bits per heavy atom. The van der Waals surface area contributed by atoms with Crippen LogP contribution in [-0.4, -0.2) is 16.7 Å². The molecule has 2 aromatic heterocycles. The zero-order valence-electron chi connectivity index (χ0n) is 17.7. The van der Waals surface area contributed by atoms with Crippen molar-refractivity contribution < 1.29 is 14.3 Å². The summed E-state index contributed by atoms with van der Waals surface area (Å²) in [5.74, 6) is -0.475. The van der Waals surface area contributed by atoms with Crippen LogP contribution >= 0.6 is 11.3 Å². The molecule has 0 fully saturated rings. The van der Waals surface area contributed by atoms with Crippen LogP contribution in [0.25, 0.3) is 10.8 Å². The predicted octanol–water partition coefficient (Wildman–Crippen LogP) is 6.05. The summed E-state index contributed by atoms with van der Waals surface area (Å²) in [5, 5.41) is 4.23. The zero-order chi connectivity index (χ0) is 22.0. The molecule has 5 heteroatoms. The van der Waals surface area contributed by atoms with Gasteiger partial charge in [-0.1, -0.05) is 74.5 Å². The van der Waals surface area contributed by atoms with Crippen LogP contribution in [0.15, 0.2) is 78.2 Å². The van der Waals surface area contributed by atoms with E-state index in [1.807, 2.05) is 51.1 Å². The van der Waals surface area contributed by atoms with E-state index in [9.17, 15) is 9.59 Å². The number of thiophene rings is 1. The SMILES string of the molecule is CC(C)C(C)(C(=O)Oc1cccc(C(=O)c2ccccc2)n1)c1scc2ccccc12. The number of nitrogens with zero attached hydrogens (tertiary/aromatic N) is 1. The summed E-state index contributed by atoms with van der Waals surface area (Å²) in [6.45, 7) is 5.94. The van der Waals surface area contributed by atoms with Gasteiger partial charge in [0.15, 0.2) is 0 Å². The number of benzene rings is 2. The number of rotatable bonds is 6. The number of carbonyl (C=O) groups excluding carboxylic acids is 2. The van der Waals surface area contributed by atoms with Crippen molar-refractivity contribution in [3.05, 3.63) is 94.3 Å². The first-order valence-electron chi connectivity index (χ1n) is 10.2. The molecule has 0 saturated heterocycles. The molecular formula is C26H23NO3S. The summed E-state index contributed by atoms with van der Waals surface area (Å²) in [5.41, 5.74) is -0.0746. The summed E-state index contributed by atoms with van der Waals surface area (Å²) in [6, 6.07) is 21.9. The number of pyridine rings is 1. The van der Waals surface area contributed by atoms with E-state index in [0.717, 1.165) is 15.6 Å². The summed E-state index contributed by atoms with van der Waals surface area (Å²) >= 11 is 1.57. The largest absolute Gasteiger partial charge is 0.407 e. The highest BCUT2D eigenvalue weighted by atomic mass is 32.1. The molecule has 2 aromatic carbocycles. The van der Waals surface area contributed by atoms with Gasteiger partial charge >= 0.3 is 5.97 Å². The molecule has 4 aromatic rings. The summed E-state index contributed by atoms with van der Waals surface area (Å²) in [4.78, 5) is 31.4. The third-order valence-electron chi connectivity index (χ3n) is 5.75. The second-order valence-corrected chi connectivity index (χ2v) is 8.83. The van der Waals surface area contributed by atoms with Gasteiger partial charge in [-0.15, -0.1) is 11.3 Å². The van der Waals surface area contributed by atoms with Crippen molar-refractivity contribution in [2.24, 2.45) is 5.92 Å². The van der Waals surface area contributed by atoms with Gasteiger partial charge in [0.2, 0.25) is 11.7 Å². The highest BCUT2D eigenvalue weighted by Crippen LogP contribution is 2.41. The minimum Gasteiger partial charge on any atom is -0.407 e. The average Bonchev–Trinajstić information content (AvgIpc) is 3.23. The van der Waals surface area contributed by atoms with Crippen LogP contribution in [0.2, 0.25) is 0 Å². The van der Waals surface area contributed by atoms with Crippen LogP contribution in [0.5, 0.6) is 5.88 Å². The van der Waals surface area contributed by atoms with Crippen LogP contribution in [0.3, 0.4) is 0 Å². The Bertz CT molecular complexity index is 1250. The molecule has 1 atom stereocenters. The molecule has 2 heterocycles. The van der Waals surface area contributed by atoms with E-state index in [4.69, 9.17) is 4.74 Å². The number of ketones is 1. The highest BCUT2D eigenvalue weighted by Gasteiger charge is 2.43. The summed E-state index contributed by atoms with van der Waals surface area (Å²) in [7, 11) is 0. The van der Waals surface area contributed by atoms with Gasteiger partial charge in [0.05, 0.1) is 0 Å². The molecule has 0 aliphatic rings. The smallest absolute Gasteiger partial charge is 0.324 e. The lowest BCUT2D eigenvalue weighted by molar-refractivity contribution is -0.142. The molecule has 0 aliphatic carbocycles. The van der Waals surface area contributed by atoms with Crippen LogP contribution in [0.4, 0.5) is 0 Å². The first-order valence-corrected chi connectivity index (χ1v) is 11.0. The average molecular weight is 430 g/mol. The lowest BCUT2D eigenvalue weighted by Crippen LogP contribution is -2.40. The Labute approximate surface area is 185 Å². The van der Waals surface area contributed by atoms with Gasteiger partial charge in [0.25, 0.3) is 0 Å². The molecule has 0 bridgehead atoms. The van der Waals surface area contributed by atoms with Crippen molar-refractivity contribution in [1.29, 1.82) is 0 Å². The summed E-state index contributed by atoms with van der Waals surface area (Å²) in [6.07, 6.45) is 0. The van der Waals surface area contributed by atoms with Crippen molar-refractivity contribution in [1.82, 2.24) is 4.98 Å². The van der Waals surface area contributed by atoms with E-state index in [0.29, 0.717) is 5.56 Å². The monoisotopic (exact) mass is 429 g/mol. The van der Waals surface area contributed by atoms with Gasteiger partial charge in [0, 0.05) is 16.5 Å². The number of fused-ring (bicyclic) bond motifs is 1. The van der Waals surface area contributed by atoms with E-state index >= 15 is 0 Å². The normalized spacial score (nSPS) is 13.2. The molecule has 4 nitrogen and oxygen atoms in total. The minimum absolute atomic E-state index is 0.00353. The van der Waals surface area contributed by atoms with Crippen LogP contribution in [0.1, 0.15) is 41.7 Å². The molecule has 0 amide bonds. The Morgan fingerprint density at radius 1 is 0.935 bits per heavy atom. The Hall–Kier alpha value is -3.31. The maximum absolute atomic E-state index is 13.4. The Morgan fingerprint density at radius 2 is 1.65 bits per heavy atom. The van der Waals surface area contributed by atoms with Crippen LogP contribution in [0, 0.1) is 5.92 Å². The standard InChI is InChI=1S/C26H23NO3S/c1-17(2)26(3,24-20-13-8-7-12-19(20)16-31-24)25(29)30-22-15-9-14-21(27-22)23(28)18-10-5-4-6-11-18/h4-17H,1-3H3. The third-order valence-corrected chi connectivity index (χ3v) is 7.00. The predicted molar refractivity (Wildman–Crippen MR) is 124 cm³/mol. The van der Waals surface area contributed by atoms with Crippen molar-refractivity contribution >= 4 is 33.9 Å². The zero-order valence-corrected chi connectivity index (χ0v) is 18.5. The number of ether oxygens (including phenoxy) is 1. The molecule has 0 N–H and O–H groups in total. The van der Waals surface area contributed by atoms with E-state index in [1.54, 1.807) is 53.8 Å². The fourth-order valence-electron chi connectivity index (χ4n) is 3.52. The minimum atomic E-state index is -0.852. The maximum atomic E-state index is 13.4. The molecule has 4 rings (SSSR count). The fraction of sp³-hybridized carbons (Fsp3) is 0.192. The molecular weight excluding hydrogens is 406 g/mol. The summed E-state index contributed by atoms with van der Waals surface area (Å²) < 4.78 is 5.74. The van der Waals surface area contributed by atoms with E-state index in [-0.39, 0.29) is 29.2 Å². The third kappa shape index (κ3) is 3.89. The number of aromatic nitrogens is 1. The molecule has 0 radical (unpaired) electrons. The fourth-order valence-corrected chi connectivity index (χ4v) is 4.85. The number of carbonyl (C=O) groups is 2. The second kappa shape index (κ2) is 8.44. The number of hydrogen-bond donors (Lipinski definition) is 0. The second-order valence-electron chi connectivity index (χ2n) is 7.95. The van der Waals surface area contributed by atoms with Crippen LogP contribution in [-0.2, 0) is 10.2 Å². The van der Waals surface area contributed by atoms with Crippen molar-refractivity contribution in [3.63, 3.8) is 0 Å². The van der Waals surface area contributed by atoms with Gasteiger partial charge in [0.1, 0.15) is 11.1 Å². The van der Waals surface area contributed by atoms with Gasteiger partial charge in [-0.2, -0.15) is 0 Å². The Balaban J connectivity index is 1.65. The van der Waals surface area contributed by atoms with Gasteiger partial charge < -0.3 is 4.74 Å². The quantitative estimate of drug-likeness (QED) is 0.277. The molecule has 0 spiro atoms. The first kappa shape index (κ1) is 20.9. The first-order chi connectivity index (χ1) is 14.9. The molecule has 156 valence electrons. The number of esters is 1. The van der Waals surface area contributed by atoms with E-state index in [2.05, 4.69) is 10.4 Å². The number of hydrogen-bond acceptors (Lipinski definition) is 5. The van der Waals surface area contributed by atoms with E-state index in [1.165, 1.54) is 0 Å². The lowest BCUT2D eigenvalue weighted by atomic mass is 9.76. The van der Waals surface area contributed by atoms with Gasteiger partial charge in [-0.05, 0) is 35.1 Å². The Kier molecular flexibility index (Phi) is 5.70. The van der Waals surface area contributed by atoms with Crippen molar-refractivity contribution in [2.75, 3.05) is 0 Å². The van der Waals surface area contributed by atoms with E-state index < -0.39 is 5.41 Å². The van der Waals surface area contributed by atoms with Crippen molar-refractivity contribution in [3.8, 4) is 5.88 Å². The van der Waals surface area contributed by atoms with Crippen molar-refractivity contribution in [2.45, 2.75) is 26.2 Å². The molecule has 0 saturated carbocycles.